The summed E-state index contributed by atoms with van der Waals surface area (Å²) in [4.78, 5) is 15.2. The minimum Gasteiger partial charge on any atom is -0.392 e. The predicted octanol–water partition coefficient (Wildman–Crippen LogP) is 2.38. The highest BCUT2D eigenvalue weighted by atomic mass is 16.7. The maximum Gasteiger partial charge on any atom is 0.228 e. The molecule has 3 aliphatic rings. The SMILES string of the molecule is COCOC[C@@]12C=C[C@@H](C(C)(C)C(=O)N3CCOCC3)C[C@@H]1C=C(C)C[C@@H]2O. The van der Waals surface area contributed by atoms with Crippen LogP contribution >= 0.6 is 0 Å². The molecule has 0 radical (unpaired) electrons. The summed E-state index contributed by atoms with van der Waals surface area (Å²) in [5, 5.41) is 10.9. The summed E-state index contributed by atoms with van der Waals surface area (Å²) in [6.07, 6.45) is 7.51. The van der Waals surface area contributed by atoms with Gasteiger partial charge in [0.05, 0.1) is 31.3 Å². The van der Waals surface area contributed by atoms with Crippen molar-refractivity contribution in [1.82, 2.24) is 4.90 Å². The first-order valence-electron chi connectivity index (χ1n) is 10.3. The third-order valence-corrected chi connectivity index (χ3v) is 6.79. The topological polar surface area (TPSA) is 68.2 Å². The van der Waals surface area contributed by atoms with Crippen LogP contribution in [0.25, 0.3) is 0 Å². The molecule has 1 fully saturated rings. The highest BCUT2D eigenvalue weighted by Crippen LogP contribution is 2.51. The van der Waals surface area contributed by atoms with Crippen LogP contribution in [-0.4, -0.2) is 68.8 Å². The van der Waals surface area contributed by atoms with Crippen LogP contribution < -0.4 is 0 Å². The highest BCUT2D eigenvalue weighted by Gasteiger charge is 2.50. The third kappa shape index (κ3) is 4.06. The van der Waals surface area contributed by atoms with Gasteiger partial charge in [0.1, 0.15) is 6.79 Å². The van der Waals surface area contributed by atoms with Crippen LogP contribution in [0.5, 0.6) is 0 Å². The van der Waals surface area contributed by atoms with Gasteiger partial charge in [-0.15, -0.1) is 0 Å². The van der Waals surface area contributed by atoms with E-state index in [0.29, 0.717) is 39.3 Å². The zero-order valence-electron chi connectivity index (χ0n) is 17.6. The van der Waals surface area contributed by atoms with Crippen molar-refractivity contribution in [3.05, 3.63) is 23.8 Å². The second kappa shape index (κ2) is 8.66. The summed E-state index contributed by atoms with van der Waals surface area (Å²) in [5.41, 5.74) is 0.246. The number of fused-ring (bicyclic) bond motifs is 1. The fourth-order valence-electron chi connectivity index (χ4n) is 4.90. The van der Waals surface area contributed by atoms with Crippen molar-refractivity contribution in [3.8, 4) is 0 Å². The lowest BCUT2D eigenvalue weighted by Crippen LogP contribution is -2.53. The molecule has 0 aromatic carbocycles. The zero-order valence-corrected chi connectivity index (χ0v) is 17.6. The second-order valence-corrected chi connectivity index (χ2v) is 9.03. The van der Waals surface area contributed by atoms with E-state index in [1.807, 2.05) is 18.7 Å². The summed E-state index contributed by atoms with van der Waals surface area (Å²) < 4.78 is 16.1. The first kappa shape index (κ1) is 21.5. The molecule has 1 N–H and O–H groups in total. The Bertz CT molecular complexity index is 622. The summed E-state index contributed by atoms with van der Waals surface area (Å²) >= 11 is 0. The Morgan fingerprint density at radius 1 is 1.39 bits per heavy atom. The van der Waals surface area contributed by atoms with Gasteiger partial charge in [0.2, 0.25) is 5.91 Å². The molecule has 3 rings (SSSR count). The Balaban J connectivity index is 1.82. The fraction of sp³-hybridized carbons (Fsp3) is 0.773. The van der Waals surface area contributed by atoms with E-state index in [1.54, 1.807) is 7.11 Å². The molecule has 1 heterocycles. The summed E-state index contributed by atoms with van der Waals surface area (Å²) in [6.45, 7) is 9.33. The van der Waals surface area contributed by atoms with Crippen LogP contribution in [-0.2, 0) is 19.0 Å². The van der Waals surface area contributed by atoms with E-state index in [4.69, 9.17) is 14.2 Å². The average molecular weight is 394 g/mol. The molecule has 4 atom stereocenters. The lowest BCUT2D eigenvalue weighted by atomic mass is 9.57. The molecule has 0 saturated carbocycles. The Morgan fingerprint density at radius 2 is 2.11 bits per heavy atom. The number of methoxy groups -OCH3 is 1. The third-order valence-electron chi connectivity index (χ3n) is 6.79. The van der Waals surface area contributed by atoms with E-state index in [0.717, 1.165) is 6.42 Å². The molecule has 158 valence electrons. The predicted molar refractivity (Wildman–Crippen MR) is 107 cm³/mol. The Hall–Kier alpha value is -1.21. The van der Waals surface area contributed by atoms with E-state index in [9.17, 15) is 9.90 Å². The lowest BCUT2D eigenvalue weighted by Gasteiger charge is -2.50. The number of rotatable bonds is 6. The van der Waals surface area contributed by atoms with E-state index in [-0.39, 0.29) is 24.5 Å². The van der Waals surface area contributed by atoms with Crippen LogP contribution in [0.3, 0.4) is 0 Å². The van der Waals surface area contributed by atoms with Gasteiger partial charge in [-0.2, -0.15) is 0 Å². The average Bonchev–Trinajstić information content (AvgIpc) is 2.68. The lowest BCUT2D eigenvalue weighted by molar-refractivity contribution is -0.148. The first-order chi connectivity index (χ1) is 13.3. The van der Waals surface area contributed by atoms with Crippen LogP contribution in [0.2, 0.25) is 0 Å². The monoisotopic (exact) mass is 393 g/mol. The van der Waals surface area contributed by atoms with Gasteiger partial charge in [0.15, 0.2) is 0 Å². The molecule has 2 aliphatic carbocycles. The Labute approximate surface area is 168 Å². The molecule has 0 unspecified atom stereocenters. The second-order valence-electron chi connectivity index (χ2n) is 9.03. The van der Waals surface area contributed by atoms with E-state index in [2.05, 4.69) is 25.2 Å². The smallest absolute Gasteiger partial charge is 0.228 e. The van der Waals surface area contributed by atoms with E-state index >= 15 is 0 Å². The van der Waals surface area contributed by atoms with Gasteiger partial charge < -0.3 is 24.2 Å². The van der Waals surface area contributed by atoms with Crippen molar-refractivity contribution in [2.45, 2.75) is 39.7 Å². The van der Waals surface area contributed by atoms with Crippen molar-refractivity contribution in [1.29, 1.82) is 0 Å². The van der Waals surface area contributed by atoms with Crippen molar-refractivity contribution in [2.24, 2.45) is 22.7 Å². The molecule has 1 saturated heterocycles. The van der Waals surface area contributed by atoms with Crippen molar-refractivity contribution >= 4 is 5.91 Å². The fourth-order valence-corrected chi connectivity index (χ4v) is 4.90. The molecule has 0 spiro atoms. The molecular weight excluding hydrogens is 358 g/mol. The molecule has 6 nitrogen and oxygen atoms in total. The van der Waals surface area contributed by atoms with Crippen molar-refractivity contribution in [3.63, 3.8) is 0 Å². The van der Waals surface area contributed by atoms with E-state index < -0.39 is 16.9 Å². The van der Waals surface area contributed by atoms with Crippen LogP contribution in [0.1, 0.15) is 33.6 Å². The summed E-state index contributed by atoms with van der Waals surface area (Å²) in [6, 6.07) is 0. The molecule has 0 aromatic heterocycles. The molecule has 1 aliphatic heterocycles. The number of allylic oxidation sites excluding steroid dienone is 2. The van der Waals surface area contributed by atoms with Gasteiger partial charge >= 0.3 is 0 Å². The van der Waals surface area contributed by atoms with Gasteiger partial charge in [-0.1, -0.05) is 37.6 Å². The number of aliphatic hydroxyl groups is 1. The Morgan fingerprint density at radius 3 is 2.79 bits per heavy atom. The summed E-state index contributed by atoms with van der Waals surface area (Å²) in [5.74, 6) is 0.434. The highest BCUT2D eigenvalue weighted by molar-refractivity contribution is 5.82. The number of carbonyl (C=O) groups is 1. The Kier molecular flexibility index (Phi) is 6.65. The number of amides is 1. The standard InChI is InChI=1S/C22H35NO5/c1-16-11-18-13-17(21(2,3)20(25)23-7-9-27-10-8-23)5-6-22(18,19(24)12-16)14-28-15-26-4/h5-6,11,17-19,24H,7-10,12-15H2,1-4H3/t17-,18+,19+,22+/m1/s1. The number of morpholine rings is 1. The van der Waals surface area contributed by atoms with Crippen molar-refractivity contribution < 1.29 is 24.1 Å². The van der Waals surface area contributed by atoms with Crippen LogP contribution in [0, 0.1) is 22.7 Å². The number of ether oxygens (including phenoxy) is 3. The molecule has 6 heteroatoms. The molecular formula is C22H35NO5. The molecule has 1 amide bonds. The minimum absolute atomic E-state index is 0.109. The van der Waals surface area contributed by atoms with Gasteiger partial charge in [0, 0.05) is 25.6 Å². The molecule has 0 bridgehead atoms. The van der Waals surface area contributed by atoms with Gasteiger partial charge in [-0.3, -0.25) is 4.79 Å². The van der Waals surface area contributed by atoms with Crippen LogP contribution in [0.4, 0.5) is 0 Å². The number of nitrogens with zero attached hydrogens (tertiary/aromatic N) is 1. The van der Waals surface area contributed by atoms with Crippen LogP contribution in [0.15, 0.2) is 23.8 Å². The van der Waals surface area contributed by atoms with Gasteiger partial charge in [-0.05, 0) is 31.6 Å². The molecule has 0 aromatic rings. The first-order valence-corrected chi connectivity index (χ1v) is 10.3. The minimum atomic E-state index is -0.502. The number of aliphatic hydroxyl groups excluding tert-OH is 1. The van der Waals surface area contributed by atoms with Crippen molar-refractivity contribution in [2.75, 3.05) is 46.8 Å². The summed E-state index contributed by atoms with van der Waals surface area (Å²) in [7, 11) is 1.60. The number of hydrogen-bond donors (Lipinski definition) is 1. The number of hydrogen-bond acceptors (Lipinski definition) is 5. The molecule has 28 heavy (non-hydrogen) atoms. The maximum absolute atomic E-state index is 13.2. The van der Waals surface area contributed by atoms with E-state index in [1.165, 1.54) is 5.57 Å². The quantitative estimate of drug-likeness (QED) is 0.426. The number of carbonyl (C=O) groups excluding carboxylic acids is 1. The largest absolute Gasteiger partial charge is 0.392 e. The van der Waals surface area contributed by atoms with Gasteiger partial charge in [-0.25, -0.2) is 0 Å². The van der Waals surface area contributed by atoms with Gasteiger partial charge in [0.25, 0.3) is 0 Å². The zero-order chi connectivity index (χ0) is 20.4. The normalized spacial score (nSPS) is 33.4. The maximum atomic E-state index is 13.2.